The Labute approximate surface area is 265 Å². The minimum atomic E-state index is -0.328. The van der Waals surface area contributed by atoms with E-state index in [0.717, 1.165) is 50.6 Å². The number of ether oxygens (including phenoxy) is 3. The molecule has 5 aromatic rings. The van der Waals surface area contributed by atoms with Crippen LogP contribution in [0.1, 0.15) is 23.1 Å². The number of methoxy groups -OCH3 is 2. The molecule has 0 aliphatic heterocycles. The van der Waals surface area contributed by atoms with Crippen LogP contribution in [0.2, 0.25) is 0 Å². The maximum atomic E-state index is 13.2. The lowest BCUT2D eigenvalue weighted by molar-refractivity contribution is -0.117. The summed E-state index contributed by atoms with van der Waals surface area (Å²) in [4.78, 5) is 23.3. The first-order valence-corrected chi connectivity index (χ1v) is 15.3. The molecule has 0 amide bonds. The smallest absolute Gasteiger partial charge is 0.148 e. The summed E-state index contributed by atoms with van der Waals surface area (Å²) in [5.41, 5.74) is 4.42. The molecule has 1 N–H and O–H groups in total. The number of nitrogens with one attached hydrogen (secondary N) is 1. The number of rotatable bonds is 15. The van der Waals surface area contributed by atoms with E-state index in [1.54, 1.807) is 43.9 Å². The molecule has 0 aliphatic carbocycles. The number of thiophene rings is 1. The summed E-state index contributed by atoms with van der Waals surface area (Å²) >= 11 is 7.11. The highest BCUT2D eigenvalue weighted by Gasteiger charge is 2.15. The van der Waals surface area contributed by atoms with E-state index in [-0.39, 0.29) is 24.4 Å². The van der Waals surface area contributed by atoms with Crippen molar-refractivity contribution >= 4 is 44.4 Å². The van der Waals surface area contributed by atoms with Gasteiger partial charge in [-0.25, -0.2) is 4.39 Å². The van der Waals surface area contributed by atoms with Gasteiger partial charge in [-0.1, -0.05) is 36.5 Å². The number of pyridine rings is 2. The molecule has 0 atom stereocenters. The molecule has 44 heavy (non-hydrogen) atoms. The first-order valence-electron chi connectivity index (χ1n) is 14.1. The van der Waals surface area contributed by atoms with Crippen molar-refractivity contribution in [2.75, 3.05) is 27.4 Å². The maximum Gasteiger partial charge on any atom is 0.148 e. The zero-order valence-corrected chi connectivity index (χ0v) is 26.1. The van der Waals surface area contributed by atoms with Crippen LogP contribution in [0.15, 0.2) is 79.1 Å². The monoisotopic (exact) mass is 629 g/mol. The third-order valence-corrected chi connectivity index (χ3v) is 8.30. The van der Waals surface area contributed by atoms with Crippen LogP contribution in [-0.4, -0.2) is 48.0 Å². The van der Waals surface area contributed by atoms with Gasteiger partial charge in [0.25, 0.3) is 0 Å². The third kappa shape index (κ3) is 8.29. The summed E-state index contributed by atoms with van der Waals surface area (Å²) in [7, 11) is 3.28. The van der Waals surface area contributed by atoms with Gasteiger partial charge in [-0.2, -0.15) is 0 Å². The van der Waals surface area contributed by atoms with Crippen molar-refractivity contribution in [1.82, 2.24) is 15.3 Å². The van der Waals surface area contributed by atoms with Crippen molar-refractivity contribution in [3.05, 3.63) is 102 Å². The summed E-state index contributed by atoms with van der Waals surface area (Å²) in [5, 5.41) is 3.32. The number of nitrogens with zero attached hydrogens (tertiary/aromatic N) is 2. The van der Waals surface area contributed by atoms with E-state index < -0.39 is 0 Å². The lowest BCUT2D eigenvalue weighted by Crippen LogP contribution is -2.18. The van der Waals surface area contributed by atoms with E-state index in [4.69, 9.17) is 26.4 Å². The fourth-order valence-electron chi connectivity index (χ4n) is 4.65. The molecule has 3 heterocycles. The second-order valence-corrected chi connectivity index (χ2v) is 11.8. The first kappa shape index (κ1) is 31.3. The second kappa shape index (κ2) is 15.1. The second-order valence-electron chi connectivity index (χ2n) is 10.2. The summed E-state index contributed by atoms with van der Waals surface area (Å²) in [6.45, 7) is 2.18. The Bertz CT molecular complexity index is 1740. The number of Topliss-reactive ketones (excluding diaryl/α,β-unsaturated/α-hetero) is 1. The predicted octanol–water partition coefficient (Wildman–Crippen LogP) is 7.15. The Kier molecular flexibility index (Phi) is 10.7. The highest BCUT2D eigenvalue weighted by atomic mass is 32.1. The Hall–Kier alpha value is -4.09. The molecule has 0 saturated carbocycles. The summed E-state index contributed by atoms with van der Waals surface area (Å²) in [5.74, 6) is 1.57. The molecule has 0 bridgehead atoms. The number of thiocarbonyl (C=S) groups is 1. The van der Waals surface area contributed by atoms with Crippen molar-refractivity contribution in [1.29, 1.82) is 0 Å². The van der Waals surface area contributed by atoms with E-state index >= 15 is 0 Å². The fourth-order valence-corrected chi connectivity index (χ4v) is 6.01. The van der Waals surface area contributed by atoms with Crippen LogP contribution >= 0.6 is 23.6 Å². The number of carbonyl (C=O) groups excluding carboxylic acids is 1. The van der Waals surface area contributed by atoms with Crippen LogP contribution < -0.4 is 14.8 Å². The zero-order chi connectivity index (χ0) is 30.9. The van der Waals surface area contributed by atoms with E-state index in [1.807, 2.05) is 42.6 Å². The molecule has 0 aliphatic rings. The van der Waals surface area contributed by atoms with Gasteiger partial charge >= 0.3 is 0 Å². The standard InChI is InChI=1S/C34H32FN3O4S2/c1-40-14-13-36-20-23-5-10-29(38-21-23)33-19-30-34(44-33)31(11-12-37-30)42-27-9-6-24(32(18-27)41-2)16-28(43)17-26(39)15-22-3-7-25(35)8-4-22/h3-12,18-19,21,36H,13-17,20H2,1-2H3. The van der Waals surface area contributed by atoms with Crippen LogP contribution in [0, 0.1) is 5.82 Å². The van der Waals surface area contributed by atoms with Gasteiger partial charge < -0.3 is 19.5 Å². The molecule has 0 fully saturated rings. The average molecular weight is 630 g/mol. The van der Waals surface area contributed by atoms with Gasteiger partial charge in [-0.15, -0.1) is 11.3 Å². The number of carbonyl (C=O) groups is 1. The number of benzene rings is 2. The van der Waals surface area contributed by atoms with Gasteiger partial charge in [-0.3, -0.25) is 14.8 Å². The van der Waals surface area contributed by atoms with Crippen molar-refractivity contribution in [3.8, 4) is 27.8 Å². The molecule has 3 aromatic heterocycles. The minimum Gasteiger partial charge on any atom is -0.496 e. The summed E-state index contributed by atoms with van der Waals surface area (Å²) < 4.78 is 31.1. The number of ketones is 1. The lowest BCUT2D eigenvalue weighted by Gasteiger charge is -2.12. The fraction of sp³-hybridized carbons (Fsp3) is 0.235. The summed E-state index contributed by atoms with van der Waals surface area (Å²) in [6.07, 6.45) is 4.39. The van der Waals surface area contributed by atoms with E-state index in [2.05, 4.69) is 21.4 Å². The first-order chi connectivity index (χ1) is 21.4. The van der Waals surface area contributed by atoms with E-state index in [9.17, 15) is 9.18 Å². The van der Waals surface area contributed by atoms with Crippen LogP contribution in [-0.2, 0) is 28.9 Å². The Morgan fingerprint density at radius 1 is 0.955 bits per heavy atom. The van der Waals surface area contributed by atoms with Gasteiger partial charge in [0.15, 0.2) is 0 Å². The van der Waals surface area contributed by atoms with Crippen LogP contribution in [0.25, 0.3) is 20.8 Å². The van der Waals surface area contributed by atoms with Gasteiger partial charge in [0.1, 0.15) is 28.8 Å². The quantitative estimate of drug-likeness (QED) is 0.0966. The normalized spacial score (nSPS) is 11.1. The Morgan fingerprint density at radius 2 is 1.77 bits per heavy atom. The molecular weight excluding hydrogens is 598 g/mol. The average Bonchev–Trinajstić information content (AvgIpc) is 3.47. The molecular formula is C34H32FN3O4S2. The maximum absolute atomic E-state index is 13.2. The van der Waals surface area contributed by atoms with Gasteiger partial charge in [0, 0.05) is 68.9 Å². The van der Waals surface area contributed by atoms with Crippen molar-refractivity contribution in [2.24, 2.45) is 0 Å². The van der Waals surface area contributed by atoms with Gasteiger partial charge in [0.2, 0.25) is 0 Å². The highest BCUT2D eigenvalue weighted by Crippen LogP contribution is 2.39. The largest absolute Gasteiger partial charge is 0.496 e. The van der Waals surface area contributed by atoms with Crippen molar-refractivity contribution < 1.29 is 23.4 Å². The molecule has 7 nitrogen and oxygen atoms in total. The van der Waals surface area contributed by atoms with Crippen molar-refractivity contribution in [3.63, 3.8) is 0 Å². The third-order valence-electron chi connectivity index (χ3n) is 6.85. The zero-order valence-electron chi connectivity index (χ0n) is 24.5. The SMILES string of the molecule is COCCNCc1ccc(-c2cc3nccc(Oc4ccc(CC(=S)CC(=O)Cc5ccc(F)cc5)c(OC)c4)c3s2)nc1. The summed E-state index contributed by atoms with van der Waals surface area (Å²) in [6, 6.07) is 19.5. The molecule has 0 spiro atoms. The lowest BCUT2D eigenvalue weighted by atomic mass is 10.0. The van der Waals surface area contributed by atoms with Gasteiger partial charge in [0.05, 0.1) is 34.5 Å². The molecule has 0 radical (unpaired) electrons. The van der Waals surface area contributed by atoms with Crippen LogP contribution in [0.3, 0.4) is 0 Å². The number of fused-ring (bicyclic) bond motifs is 1. The van der Waals surface area contributed by atoms with Crippen molar-refractivity contribution in [2.45, 2.75) is 25.8 Å². The van der Waals surface area contributed by atoms with Gasteiger partial charge in [-0.05, 0) is 47.0 Å². The minimum absolute atomic E-state index is 0.0151. The number of hydrogen-bond acceptors (Lipinski definition) is 9. The number of halogens is 1. The molecule has 0 saturated heterocycles. The Balaban J connectivity index is 1.24. The van der Waals surface area contributed by atoms with Crippen LogP contribution in [0.4, 0.5) is 4.39 Å². The molecule has 5 rings (SSSR count). The highest BCUT2D eigenvalue weighted by molar-refractivity contribution is 7.80. The molecule has 2 aromatic carbocycles. The number of hydrogen-bond donors (Lipinski definition) is 1. The molecule has 226 valence electrons. The predicted molar refractivity (Wildman–Crippen MR) is 176 cm³/mol. The van der Waals surface area contributed by atoms with Crippen LogP contribution in [0.5, 0.6) is 17.2 Å². The van der Waals surface area contributed by atoms with E-state index in [0.29, 0.717) is 35.1 Å². The Morgan fingerprint density at radius 3 is 2.52 bits per heavy atom. The number of aromatic nitrogens is 2. The molecule has 10 heteroatoms. The molecule has 0 unspecified atom stereocenters. The topological polar surface area (TPSA) is 82.6 Å². The van der Waals surface area contributed by atoms with E-state index in [1.165, 1.54) is 12.1 Å².